The minimum absolute atomic E-state index is 0.0273. The summed E-state index contributed by atoms with van der Waals surface area (Å²) in [7, 11) is 0. The van der Waals surface area contributed by atoms with E-state index in [4.69, 9.17) is 23.3 Å². The van der Waals surface area contributed by atoms with Crippen molar-refractivity contribution in [3.05, 3.63) is 64.5 Å². The number of halogens is 1. The highest BCUT2D eigenvalue weighted by Gasteiger charge is 2.44. The van der Waals surface area contributed by atoms with Crippen LogP contribution in [-0.4, -0.2) is 67.1 Å². The highest BCUT2D eigenvalue weighted by molar-refractivity contribution is 6.33. The molecule has 1 spiro atoms. The fourth-order valence-electron chi connectivity index (χ4n) is 6.65. The number of likely N-dealkylation sites (tertiary alicyclic amines) is 1. The van der Waals surface area contributed by atoms with Gasteiger partial charge in [0.15, 0.2) is 5.78 Å². The third-order valence-electron chi connectivity index (χ3n) is 8.81. The van der Waals surface area contributed by atoms with Gasteiger partial charge in [0.1, 0.15) is 0 Å². The predicted molar refractivity (Wildman–Crippen MR) is 151 cm³/mol. The first-order valence-corrected chi connectivity index (χ1v) is 13.9. The zero-order chi connectivity index (χ0) is 26.9. The summed E-state index contributed by atoms with van der Waals surface area (Å²) in [5, 5.41) is 9.50. The molecule has 3 aliphatic heterocycles. The molecule has 5 rings (SSSR count). The van der Waals surface area contributed by atoms with Crippen LogP contribution in [0.25, 0.3) is 4.85 Å². The zero-order valence-electron chi connectivity index (χ0n) is 21.9. The summed E-state index contributed by atoms with van der Waals surface area (Å²) in [6, 6.07) is 14.3. The van der Waals surface area contributed by atoms with Gasteiger partial charge in [0, 0.05) is 53.6 Å². The molecule has 0 unspecified atom stereocenters. The van der Waals surface area contributed by atoms with Gasteiger partial charge in [0.05, 0.1) is 13.1 Å². The number of piperidine rings is 2. The van der Waals surface area contributed by atoms with Crippen molar-refractivity contribution in [2.75, 3.05) is 49.1 Å². The number of carboxylic acid groups (broad SMARTS) is 1. The van der Waals surface area contributed by atoms with Crippen LogP contribution >= 0.6 is 11.6 Å². The smallest absolute Gasteiger partial charge is 0.317 e. The van der Waals surface area contributed by atoms with Gasteiger partial charge in [-0.25, -0.2) is 4.85 Å². The minimum atomic E-state index is -0.814. The number of carbonyl (C=O) groups excluding carboxylic acids is 1. The molecule has 3 heterocycles. The standard InChI is InChI=1S/C30H35ClN4O3/c1-21-18-30(20-35(21)25-7-8-27(32-2)26(31)17-25)11-15-34(16-12-30)24-5-3-22(4-6-24)29(38)23-9-13-33(14-10-23)19-28(36)37/h3-8,17,21,23H,9-16,18-20H2,1H3,(H,36,37)/t21-/m0/s1. The van der Waals surface area contributed by atoms with Crippen LogP contribution in [-0.2, 0) is 4.79 Å². The highest BCUT2D eigenvalue weighted by atomic mass is 35.5. The molecule has 0 bridgehead atoms. The fourth-order valence-corrected chi connectivity index (χ4v) is 6.86. The number of hydrogen-bond donors (Lipinski definition) is 1. The summed E-state index contributed by atoms with van der Waals surface area (Å²) in [5.41, 5.74) is 3.80. The quantitative estimate of drug-likeness (QED) is 0.375. The van der Waals surface area contributed by atoms with Crippen molar-refractivity contribution in [1.82, 2.24) is 4.90 Å². The molecule has 200 valence electrons. The number of Topliss-reactive ketones (excluding diaryl/α,β-unsaturated/α-hetero) is 1. The molecular weight excluding hydrogens is 500 g/mol. The summed E-state index contributed by atoms with van der Waals surface area (Å²) in [5.74, 6) is -0.667. The van der Waals surface area contributed by atoms with Crippen LogP contribution in [0.1, 0.15) is 49.4 Å². The summed E-state index contributed by atoms with van der Waals surface area (Å²) in [6.07, 6.45) is 4.83. The van der Waals surface area contributed by atoms with E-state index in [1.165, 1.54) is 0 Å². The average molecular weight is 535 g/mol. The lowest BCUT2D eigenvalue weighted by Gasteiger charge is -2.40. The maximum atomic E-state index is 13.0. The van der Waals surface area contributed by atoms with Crippen molar-refractivity contribution in [1.29, 1.82) is 0 Å². The molecular formula is C30H35ClN4O3. The molecule has 2 aromatic carbocycles. The van der Waals surface area contributed by atoms with Gasteiger partial charge < -0.3 is 14.9 Å². The Morgan fingerprint density at radius 2 is 1.71 bits per heavy atom. The van der Waals surface area contributed by atoms with Crippen molar-refractivity contribution in [2.24, 2.45) is 11.3 Å². The Morgan fingerprint density at radius 3 is 2.32 bits per heavy atom. The topological polar surface area (TPSA) is 68.5 Å². The number of nitrogens with zero attached hydrogens (tertiary/aromatic N) is 4. The first-order valence-electron chi connectivity index (χ1n) is 13.5. The number of anilines is 2. The Kier molecular flexibility index (Phi) is 7.65. The van der Waals surface area contributed by atoms with E-state index in [0.717, 1.165) is 55.8 Å². The van der Waals surface area contributed by atoms with E-state index in [2.05, 4.69) is 33.7 Å². The van der Waals surface area contributed by atoms with Gasteiger partial charge in [-0.2, -0.15) is 0 Å². The Balaban J connectivity index is 1.16. The van der Waals surface area contributed by atoms with Crippen LogP contribution in [0.15, 0.2) is 42.5 Å². The maximum Gasteiger partial charge on any atom is 0.317 e. The van der Waals surface area contributed by atoms with Crippen molar-refractivity contribution in [3.63, 3.8) is 0 Å². The van der Waals surface area contributed by atoms with Crippen LogP contribution in [0.2, 0.25) is 5.02 Å². The van der Waals surface area contributed by atoms with Gasteiger partial charge in [0.25, 0.3) is 0 Å². The van der Waals surface area contributed by atoms with E-state index < -0.39 is 5.97 Å². The summed E-state index contributed by atoms with van der Waals surface area (Å²) >= 11 is 6.33. The molecule has 1 atom stereocenters. The van der Waals surface area contributed by atoms with Crippen LogP contribution in [0.3, 0.4) is 0 Å². The summed E-state index contributed by atoms with van der Waals surface area (Å²) < 4.78 is 0. The second-order valence-electron chi connectivity index (χ2n) is 11.3. The molecule has 7 nitrogen and oxygen atoms in total. The number of ketones is 1. The van der Waals surface area contributed by atoms with Gasteiger partial charge in [0.2, 0.25) is 5.69 Å². The lowest BCUT2D eigenvalue weighted by Crippen LogP contribution is -2.41. The molecule has 0 aromatic heterocycles. The second-order valence-corrected chi connectivity index (χ2v) is 11.7. The van der Waals surface area contributed by atoms with Gasteiger partial charge in [-0.05, 0) is 93.9 Å². The predicted octanol–water partition coefficient (Wildman–Crippen LogP) is 5.76. The van der Waals surface area contributed by atoms with E-state index in [1.54, 1.807) is 0 Å². The van der Waals surface area contributed by atoms with Crippen LogP contribution in [0.5, 0.6) is 0 Å². The number of carboxylic acids is 1. The molecule has 3 fully saturated rings. The first-order chi connectivity index (χ1) is 18.3. The number of aliphatic carboxylic acids is 1. The third-order valence-corrected chi connectivity index (χ3v) is 9.11. The Morgan fingerprint density at radius 1 is 1.05 bits per heavy atom. The van der Waals surface area contributed by atoms with E-state index in [1.807, 2.05) is 35.2 Å². The second kappa shape index (κ2) is 11.0. The molecule has 0 amide bonds. The number of benzene rings is 2. The Bertz CT molecular complexity index is 1230. The molecule has 3 saturated heterocycles. The average Bonchev–Trinajstić information content (AvgIpc) is 3.24. The van der Waals surface area contributed by atoms with Gasteiger partial charge in [-0.15, -0.1) is 0 Å². The maximum absolute atomic E-state index is 13.0. The van der Waals surface area contributed by atoms with Crippen molar-refractivity contribution in [3.8, 4) is 0 Å². The summed E-state index contributed by atoms with van der Waals surface area (Å²) in [6.45, 7) is 13.9. The Labute approximate surface area is 229 Å². The van der Waals surface area contributed by atoms with Crippen molar-refractivity contribution >= 4 is 40.4 Å². The molecule has 38 heavy (non-hydrogen) atoms. The minimum Gasteiger partial charge on any atom is -0.480 e. The van der Waals surface area contributed by atoms with Crippen LogP contribution < -0.4 is 9.80 Å². The number of carbonyl (C=O) groups is 2. The van der Waals surface area contributed by atoms with Gasteiger partial charge in [-0.3, -0.25) is 14.5 Å². The Hall–Kier alpha value is -3.08. The van der Waals surface area contributed by atoms with Gasteiger partial charge in [-0.1, -0.05) is 17.7 Å². The number of rotatable bonds is 6. The van der Waals surface area contributed by atoms with E-state index in [0.29, 0.717) is 42.7 Å². The molecule has 2 aromatic rings. The molecule has 3 aliphatic rings. The molecule has 1 N–H and O–H groups in total. The lowest BCUT2D eigenvalue weighted by atomic mass is 9.76. The van der Waals surface area contributed by atoms with E-state index in [9.17, 15) is 9.59 Å². The van der Waals surface area contributed by atoms with E-state index >= 15 is 0 Å². The van der Waals surface area contributed by atoms with Crippen molar-refractivity contribution in [2.45, 2.75) is 45.1 Å². The van der Waals surface area contributed by atoms with Crippen LogP contribution in [0.4, 0.5) is 17.1 Å². The van der Waals surface area contributed by atoms with E-state index in [-0.39, 0.29) is 23.7 Å². The molecule has 0 saturated carbocycles. The molecule has 0 aliphatic carbocycles. The zero-order valence-corrected chi connectivity index (χ0v) is 22.7. The largest absolute Gasteiger partial charge is 0.480 e. The van der Waals surface area contributed by atoms with Crippen LogP contribution in [0, 0.1) is 17.9 Å². The molecule has 0 radical (unpaired) electrons. The fraction of sp³-hybridized carbons (Fsp3) is 0.500. The van der Waals surface area contributed by atoms with Crippen molar-refractivity contribution < 1.29 is 14.7 Å². The first kappa shape index (κ1) is 26.5. The number of hydrogen-bond acceptors (Lipinski definition) is 5. The molecule has 8 heteroatoms. The highest BCUT2D eigenvalue weighted by Crippen LogP contribution is 2.46. The monoisotopic (exact) mass is 534 g/mol. The normalized spacial score (nSPS) is 22.0. The SMILES string of the molecule is [C-]#[N+]c1ccc(N2CC3(CCN(c4ccc(C(=O)C5CCN(CC(=O)O)CC5)cc4)CC3)C[C@@H]2C)cc1Cl. The lowest BCUT2D eigenvalue weighted by molar-refractivity contribution is -0.138. The van der Waals surface area contributed by atoms with Gasteiger partial charge >= 0.3 is 5.97 Å². The summed E-state index contributed by atoms with van der Waals surface area (Å²) in [4.78, 5) is 34.2. The third kappa shape index (κ3) is 5.52.